The van der Waals surface area contributed by atoms with Crippen LogP contribution in [0.1, 0.15) is 40.0 Å². The van der Waals surface area contributed by atoms with Gasteiger partial charge in [-0.25, -0.2) is 4.79 Å². The van der Waals surface area contributed by atoms with Gasteiger partial charge in [0.1, 0.15) is 0 Å². The van der Waals surface area contributed by atoms with Gasteiger partial charge in [-0.3, -0.25) is 0 Å². The van der Waals surface area contributed by atoms with Crippen LogP contribution in [0.5, 0.6) is 0 Å². The molecule has 1 spiro atoms. The second-order valence-electron chi connectivity index (χ2n) is 7.57. The molecule has 2 saturated carbocycles. The van der Waals surface area contributed by atoms with Gasteiger partial charge in [0, 0.05) is 16.9 Å². The van der Waals surface area contributed by atoms with Gasteiger partial charge in [0.2, 0.25) is 0 Å². The van der Waals surface area contributed by atoms with E-state index in [1.807, 2.05) is 6.08 Å². The van der Waals surface area contributed by atoms with Gasteiger partial charge < -0.3 is 15.3 Å². The van der Waals surface area contributed by atoms with Gasteiger partial charge in [-0.05, 0) is 37.5 Å². The molecule has 0 aliphatic heterocycles. The summed E-state index contributed by atoms with van der Waals surface area (Å²) in [6, 6.07) is 0. The molecule has 19 heavy (non-hydrogen) atoms. The fourth-order valence-corrected chi connectivity index (χ4v) is 5.20. The molecule has 0 radical (unpaired) electrons. The number of carbonyl (C=O) groups is 1. The third-order valence-electron chi connectivity index (χ3n) is 5.88. The molecule has 0 amide bonds. The number of aliphatic carboxylic acids is 1. The Morgan fingerprint density at radius 3 is 2.58 bits per heavy atom. The van der Waals surface area contributed by atoms with Crippen LogP contribution in [0, 0.1) is 22.7 Å². The first-order valence-electron chi connectivity index (χ1n) is 6.97. The third-order valence-corrected chi connectivity index (χ3v) is 5.88. The molecular weight excluding hydrogens is 244 g/mol. The molecule has 3 aliphatic rings. The molecule has 0 heterocycles. The van der Waals surface area contributed by atoms with E-state index in [1.165, 1.54) is 0 Å². The van der Waals surface area contributed by atoms with E-state index in [4.69, 9.17) is 0 Å². The number of hydrogen-bond acceptors (Lipinski definition) is 3. The SMILES string of the molecule is CC1(C)C[C@H]2C=C(C(=O)O)[C@@H]3C[C@@H](O)[C@@](C)(O)[C@]23C1. The highest BCUT2D eigenvalue weighted by molar-refractivity contribution is 5.88. The van der Waals surface area contributed by atoms with E-state index in [9.17, 15) is 20.1 Å². The van der Waals surface area contributed by atoms with Gasteiger partial charge in [0.05, 0.1) is 11.7 Å². The summed E-state index contributed by atoms with van der Waals surface area (Å²) in [6.07, 6.45) is 3.02. The molecule has 0 bridgehead atoms. The predicted molar refractivity (Wildman–Crippen MR) is 69.4 cm³/mol. The summed E-state index contributed by atoms with van der Waals surface area (Å²) in [7, 11) is 0. The largest absolute Gasteiger partial charge is 0.478 e. The van der Waals surface area contributed by atoms with Crippen molar-refractivity contribution >= 4 is 5.97 Å². The highest BCUT2D eigenvalue weighted by Crippen LogP contribution is 2.71. The highest BCUT2D eigenvalue weighted by atomic mass is 16.4. The first-order chi connectivity index (χ1) is 8.62. The van der Waals surface area contributed by atoms with E-state index in [2.05, 4.69) is 13.8 Å². The summed E-state index contributed by atoms with van der Waals surface area (Å²) in [4.78, 5) is 11.4. The van der Waals surface area contributed by atoms with Crippen LogP contribution in [-0.2, 0) is 4.79 Å². The van der Waals surface area contributed by atoms with Crippen molar-refractivity contribution in [3.05, 3.63) is 11.6 Å². The Balaban J connectivity index is 2.14. The summed E-state index contributed by atoms with van der Waals surface area (Å²) in [5.74, 6) is -1.06. The number of allylic oxidation sites excluding steroid dienone is 1. The summed E-state index contributed by atoms with van der Waals surface area (Å²) in [5, 5.41) is 30.4. The summed E-state index contributed by atoms with van der Waals surface area (Å²) >= 11 is 0. The van der Waals surface area contributed by atoms with E-state index >= 15 is 0 Å². The van der Waals surface area contributed by atoms with Crippen molar-refractivity contribution < 1.29 is 20.1 Å². The molecule has 0 aromatic heterocycles. The van der Waals surface area contributed by atoms with Gasteiger partial charge in [-0.1, -0.05) is 19.9 Å². The number of hydrogen-bond donors (Lipinski definition) is 3. The lowest BCUT2D eigenvalue weighted by Crippen LogP contribution is -2.50. The normalized spacial score (nSPS) is 50.8. The number of carboxylic acid groups (broad SMARTS) is 1. The number of aliphatic hydroxyl groups excluding tert-OH is 1. The van der Waals surface area contributed by atoms with E-state index in [1.54, 1.807) is 6.92 Å². The molecule has 0 unspecified atom stereocenters. The molecule has 0 saturated heterocycles. The highest BCUT2D eigenvalue weighted by Gasteiger charge is 2.72. The first-order valence-corrected chi connectivity index (χ1v) is 6.97. The van der Waals surface area contributed by atoms with Crippen LogP contribution >= 0.6 is 0 Å². The minimum atomic E-state index is -1.20. The van der Waals surface area contributed by atoms with E-state index < -0.39 is 23.1 Å². The van der Waals surface area contributed by atoms with Gasteiger partial charge in [0.15, 0.2) is 0 Å². The molecule has 3 rings (SSSR count). The maximum absolute atomic E-state index is 11.4. The fourth-order valence-electron chi connectivity index (χ4n) is 5.20. The lowest BCUT2D eigenvalue weighted by atomic mass is 9.65. The Morgan fingerprint density at radius 1 is 1.37 bits per heavy atom. The zero-order valence-corrected chi connectivity index (χ0v) is 11.7. The zero-order chi connectivity index (χ0) is 14.2. The van der Waals surface area contributed by atoms with Crippen molar-refractivity contribution in [2.24, 2.45) is 22.7 Å². The van der Waals surface area contributed by atoms with Crippen LogP contribution in [0.25, 0.3) is 0 Å². The number of rotatable bonds is 1. The van der Waals surface area contributed by atoms with E-state index in [0.29, 0.717) is 12.0 Å². The second-order valence-corrected chi connectivity index (χ2v) is 7.57. The van der Waals surface area contributed by atoms with Gasteiger partial charge in [-0.2, -0.15) is 0 Å². The van der Waals surface area contributed by atoms with E-state index in [0.717, 1.165) is 12.8 Å². The Bertz CT molecular complexity index is 477. The minimum Gasteiger partial charge on any atom is -0.478 e. The molecule has 2 fully saturated rings. The molecule has 3 N–H and O–H groups in total. The molecule has 0 aromatic rings. The molecule has 3 aliphatic carbocycles. The lowest BCUT2D eigenvalue weighted by Gasteiger charge is -2.43. The maximum atomic E-state index is 11.4. The minimum absolute atomic E-state index is 0.0609. The third kappa shape index (κ3) is 1.39. The number of aliphatic hydroxyl groups is 2. The predicted octanol–water partition coefficient (Wildman–Crippen LogP) is 1.57. The first kappa shape index (κ1) is 13.1. The van der Waals surface area contributed by atoms with Crippen LogP contribution in [0.15, 0.2) is 11.6 Å². The maximum Gasteiger partial charge on any atom is 0.331 e. The molecule has 4 nitrogen and oxygen atoms in total. The molecule has 5 atom stereocenters. The van der Waals surface area contributed by atoms with Crippen molar-refractivity contribution in [3.63, 3.8) is 0 Å². The zero-order valence-electron chi connectivity index (χ0n) is 11.7. The van der Waals surface area contributed by atoms with Gasteiger partial charge >= 0.3 is 5.97 Å². The van der Waals surface area contributed by atoms with Crippen LogP contribution < -0.4 is 0 Å². The Hall–Kier alpha value is -0.870. The Kier molecular flexibility index (Phi) is 2.36. The summed E-state index contributed by atoms with van der Waals surface area (Å²) < 4.78 is 0. The van der Waals surface area contributed by atoms with E-state index in [-0.39, 0.29) is 17.3 Å². The van der Waals surface area contributed by atoms with Crippen LogP contribution in [0.3, 0.4) is 0 Å². The van der Waals surface area contributed by atoms with Crippen LogP contribution in [0.4, 0.5) is 0 Å². The second kappa shape index (κ2) is 3.41. The van der Waals surface area contributed by atoms with Gasteiger partial charge in [-0.15, -0.1) is 0 Å². The van der Waals surface area contributed by atoms with Gasteiger partial charge in [0.25, 0.3) is 0 Å². The Labute approximate surface area is 113 Å². The molecule has 4 heteroatoms. The average Bonchev–Trinajstić information content (AvgIpc) is 2.74. The summed E-state index contributed by atoms with van der Waals surface area (Å²) in [5.41, 5.74) is -1.22. The monoisotopic (exact) mass is 266 g/mol. The smallest absolute Gasteiger partial charge is 0.331 e. The van der Waals surface area contributed by atoms with Crippen molar-refractivity contribution in [2.75, 3.05) is 0 Å². The Morgan fingerprint density at radius 2 is 2.00 bits per heavy atom. The standard InChI is InChI=1S/C15H22O4/c1-13(2)6-8-4-9(12(17)18)10-5-11(16)14(3,19)15(8,10)7-13/h4,8,10-11,16,19H,5-7H2,1-3H3,(H,17,18)/t8-,10+,11-,14-,15-/m1/s1. The molecule has 0 aromatic carbocycles. The van der Waals surface area contributed by atoms with Crippen molar-refractivity contribution in [2.45, 2.75) is 51.7 Å². The van der Waals surface area contributed by atoms with Crippen LogP contribution in [0.2, 0.25) is 0 Å². The molecule has 106 valence electrons. The van der Waals surface area contributed by atoms with Crippen molar-refractivity contribution in [3.8, 4) is 0 Å². The average molecular weight is 266 g/mol. The topological polar surface area (TPSA) is 77.8 Å². The van der Waals surface area contributed by atoms with Crippen molar-refractivity contribution in [1.29, 1.82) is 0 Å². The number of carboxylic acids is 1. The summed E-state index contributed by atoms with van der Waals surface area (Å²) in [6.45, 7) is 6.00. The quantitative estimate of drug-likeness (QED) is 0.673. The molecular formula is C15H22O4. The fraction of sp³-hybridized carbons (Fsp3) is 0.800. The van der Waals surface area contributed by atoms with Crippen molar-refractivity contribution in [1.82, 2.24) is 0 Å². The lowest BCUT2D eigenvalue weighted by molar-refractivity contribution is -0.135. The van der Waals surface area contributed by atoms with Crippen LogP contribution in [-0.4, -0.2) is 33.0 Å².